The molecule has 1 N–H and O–H groups in total. The second kappa shape index (κ2) is 6.70. The molecule has 0 saturated carbocycles. The van der Waals surface area contributed by atoms with Gasteiger partial charge in [-0.1, -0.05) is 30.3 Å². The van der Waals surface area contributed by atoms with Crippen LogP contribution >= 0.6 is 0 Å². The zero-order valence-electron chi connectivity index (χ0n) is 12.0. The summed E-state index contributed by atoms with van der Waals surface area (Å²) in [7, 11) is 0. The number of carbonyl (C=O) groups excluding carboxylic acids is 1. The Morgan fingerprint density at radius 2 is 1.86 bits per heavy atom. The van der Waals surface area contributed by atoms with E-state index in [1.54, 1.807) is 0 Å². The van der Waals surface area contributed by atoms with Gasteiger partial charge in [0.2, 0.25) is 0 Å². The number of nitrogens with one attached hydrogen (secondary N) is 1. The fourth-order valence-corrected chi connectivity index (χ4v) is 2.60. The molecule has 0 aromatic heterocycles. The lowest BCUT2D eigenvalue weighted by Crippen LogP contribution is -3.14. The number of carbonyl (C=O) groups is 1. The molecule has 0 atom stereocenters. The molecular formula is C17H20NO3+. The molecule has 1 fully saturated rings. The molecule has 1 heterocycles. The van der Waals surface area contributed by atoms with E-state index in [2.05, 4.69) is 0 Å². The zero-order chi connectivity index (χ0) is 14.5. The Labute approximate surface area is 124 Å². The molecule has 1 aliphatic rings. The van der Waals surface area contributed by atoms with E-state index in [9.17, 15) is 4.79 Å². The van der Waals surface area contributed by atoms with E-state index in [-0.39, 0.29) is 5.97 Å². The lowest BCUT2D eigenvalue weighted by Gasteiger charge is -2.23. The normalized spacial score (nSPS) is 16.0. The first kappa shape index (κ1) is 14.0. The third-order valence-corrected chi connectivity index (χ3v) is 3.87. The number of morpholine rings is 1. The summed E-state index contributed by atoms with van der Waals surface area (Å²) in [6.45, 7) is 4.90. The van der Waals surface area contributed by atoms with Crippen molar-refractivity contribution in [2.75, 3.05) is 39.5 Å². The van der Waals surface area contributed by atoms with Gasteiger partial charge in [-0.3, -0.25) is 0 Å². The predicted molar refractivity (Wildman–Crippen MR) is 80.6 cm³/mol. The van der Waals surface area contributed by atoms with Crippen molar-refractivity contribution in [1.29, 1.82) is 0 Å². The standard InChI is InChI=1S/C17H19NO3/c19-17(21-12-9-18-7-10-20-11-8-18)16-6-5-14-3-1-2-4-15(14)13-16/h1-6,13H,7-12H2/p+1. The highest BCUT2D eigenvalue weighted by molar-refractivity contribution is 5.95. The van der Waals surface area contributed by atoms with E-state index in [0.717, 1.165) is 43.6 Å². The Morgan fingerprint density at radius 1 is 1.10 bits per heavy atom. The molecule has 3 rings (SSSR count). The summed E-state index contributed by atoms with van der Waals surface area (Å²) in [4.78, 5) is 13.5. The maximum Gasteiger partial charge on any atom is 0.338 e. The van der Waals surface area contributed by atoms with Crippen molar-refractivity contribution < 1.29 is 19.2 Å². The van der Waals surface area contributed by atoms with Crippen LogP contribution < -0.4 is 4.90 Å². The van der Waals surface area contributed by atoms with Gasteiger partial charge in [0.1, 0.15) is 26.2 Å². The summed E-state index contributed by atoms with van der Waals surface area (Å²) >= 11 is 0. The van der Waals surface area contributed by atoms with E-state index in [4.69, 9.17) is 9.47 Å². The molecule has 2 aromatic carbocycles. The molecule has 1 saturated heterocycles. The topological polar surface area (TPSA) is 40.0 Å². The van der Waals surface area contributed by atoms with Crippen LogP contribution in [-0.4, -0.2) is 45.4 Å². The first-order valence-corrected chi connectivity index (χ1v) is 7.40. The van der Waals surface area contributed by atoms with Crippen LogP contribution in [0, 0.1) is 0 Å². The molecule has 0 spiro atoms. The first-order valence-electron chi connectivity index (χ1n) is 7.40. The second-order valence-electron chi connectivity index (χ2n) is 5.31. The molecule has 21 heavy (non-hydrogen) atoms. The number of rotatable bonds is 4. The van der Waals surface area contributed by atoms with Gasteiger partial charge in [0, 0.05) is 0 Å². The minimum absolute atomic E-state index is 0.242. The van der Waals surface area contributed by atoms with Crippen LogP contribution in [0.2, 0.25) is 0 Å². The molecule has 0 radical (unpaired) electrons. The first-order chi connectivity index (χ1) is 10.3. The Balaban J connectivity index is 1.56. The van der Waals surface area contributed by atoms with E-state index in [0.29, 0.717) is 12.2 Å². The largest absolute Gasteiger partial charge is 0.456 e. The third-order valence-electron chi connectivity index (χ3n) is 3.87. The summed E-state index contributed by atoms with van der Waals surface area (Å²) in [5.41, 5.74) is 0.616. The Morgan fingerprint density at radius 3 is 2.67 bits per heavy atom. The van der Waals surface area contributed by atoms with Crippen LogP contribution in [0.4, 0.5) is 0 Å². The monoisotopic (exact) mass is 286 g/mol. The van der Waals surface area contributed by atoms with E-state index in [1.807, 2.05) is 42.5 Å². The number of fused-ring (bicyclic) bond motifs is 1. The molecule has 2 aromatic rings. The molecule has 0 bridgehead atoms. The summed E-state index contributed by atoms with van der Waals surface area (Å²) < 4.78 is 10.7. The van der Waals surface area contributed by atoms with Gasteiger partial charge in [-0.15, -0.1) is 0 Å². The lowest BCUT2D eigenvalue weighted by molar-refractivity contribution is -0.908. The molecule has 0 aliphatic carbocycles. The number of benzene rings is 2. The number of ether oxygens (including phenoxy) is 2. The van der Waals surface area contributed by atoms with E-state index < -0.39 is 0 Å². The predicted octanol–water partition coefficient (Wildman–Crippen LogP) is 0.912. The molecule has 4 heteroatoms. The molecule has 110 valence electrons. The van der Waals surface area contributed by atoms with Gasteiger partial charge in [-0.05, 0) is 22.9 Å². The van der Waals surface area contributed by atoms with Gasteiger partial charge in [0.25, 0.3) is 0 Å². The smallest absolute Gasteiger partial charge is 0.338 e. The van der Waals surface area contributed by atoms with Gasteiger partial charge >= 0.3 is 5.97 Å². The van der Waals surface area contributed by atoms with Crippen molar-refractivity contribution >= 4 is 16.7 Å². The molecule has 0 amide bonds. The average molecular weight is 286 g/mol. The van der Waals surface area contributed by atoms with Crippen LogP contribution in [0.5, 0.6) is 0 Å². The van der Waals surface area contributed by atoms with Crippen LogP contribution in [0.25, 0.3) is 10.8 Å². The van der Waals surface area contributed by atoms with Crippen LogP contribution in [0.15, 0.2) is 42.5 Å². The van der Waals surface area contributed by atoms with Crippen molar-refractivity contribution in [3.05, 3.63) is 48.0 Å². The van der Waals surface area contributed by atoms with Gasteiger partial charge in [-0.2, -0.15) is 0 Å². The van der Waals surface area contributed by atoms with Gasteiger partial charge in [0.05, 0.1) is 18.8 Å². The summed E-state index contributed by atoms with van der Waals surface area (Å²) in [5, 5.41) is 2.19. The second-order valence-corrected chi connectivity index (χ2v) is 5.31. The van der Waals surface area contributed by atoms with Gasteiger partial charge in [-0.25, -0.2) is 4.79 Å². The zero-order valence-corrected chi connectivity index (χ0v) is 12.0. The maximum atomic E-state index is 12.1. The van der Waals surface area contributed by atoms with Gasteiger partial charge in [0.15, 0.2) is 0 Å². The fraction of sp³-hybridized carbons (Fsp3) is 0.353. The Kier molecular flexibility index (Phi) is 4.48. The molecule has 4 nitrogen and oxygen atoms in total. The minimum atomic E-state index is -0.242. The van der Waals surface area contributed by atoms with Crippen molar-refractivity contribution in [1.82, 2.24) is 0 Å². The summed E-state index contributed by atoms with van der Waals surface area (Å²) in [5.74, 6) is -0.242. The third kappa shape index (κ3) is 3.60. The number of quaternary nitrogens is 1. The fourth-order valence-electron chi connectivity index (χ4n) is 2.60. The molecule has 1 aliphatic heterocycles. The number of hydrogen-bond donors (Lipinski definition) is 1. The van der Waals surface area contributed by atoms with Gasteiger partial charge < -0.3 is 14.4 Å². The summed E-state index contributed by atoms with van der Waals surface area (Å²) in [6.07, 6.45) is 0. The van der Waals surface area contributed by atoms with E-state index >= 15 is 0 Å². The average Bonchev–Trinajstić information content (AvgIpc) is 2.55. The SMILES string of the molecule is O=C(OCC[NH+]1CCOCC1)c1ccc2ccccc2c1. The van der Waals surface area contributed by atoms with Crippen molar-refractivity contribution in [3.63, 3.8) is 0 Å². The number of esters is 1. The highest BCUT2D eigenvalue weighted by Gasteiger charge is 2.14. The van der Waals surface area contributed by atoms with E-state index in [1.165, 1.54) is 4.90 Å². The molecule has 0 unspecified atom stereocenters. The quantitative estimate of drug-likeness (QED) is 0.849. The van der Waals surface area contributed by atoms with Crippen molar-refractivity contribution in [2.24, 2.45) is 0 Å². The Bertz CT molecular complexity index is 620. The van der Waals surface area contributed by atoms with Crippen molar-refractivity contribution in [2.45, 2.75) is 0 Å². The maximum absolute atomic E-state index is 12.1. The Hall–Kier alpha value is -1.91. The number of hydrogen-bond acceptors (Lipinski definition) is 3. The summed E-state index contributed by atoms with van der Waals surface area (Å²) in [6, 6.07) is 13.7. The molecular weight excluding hydrogens is 266 g/mol. The highest BCUT2D eigenvalue weighted by Crippen LogP contribution is 2.16. The van der Waals surface area contributed by atoms with Crippen LogP contribution in [-0.2, 0) is 9.47 Å². The lowest BCUT2D eigenvalue weighted by atomic mass is 10.1. The van der Waals surface area contributed by atoms with Crippen molar-refractivity contribution in [3.8, 4) is 0 Å². The highest BCUT2D eigenvalue weighted by atomic mass is 16.5. The van der Waals surface area contributed by atoms with Crippen LogP contribution in [0.1, 0.15) is 10.4 Å². The minimum Gasteiger partial charge on any atom is -0.456 e. The van der Waals surface area contributed by atoms with Crippen LogP contribution in [0.3, 0.4) is 0 Å².